The SMILES string of the molecule is COc1cccc(N=c2scc(-c3cccs3)n2N=Cc2ccc(C)o2)c1. The lowest BCUT2D eigenvalue weighted by molar-refractivity contribution is 0.415. The van der Waals surface area contributed by atoms with E-state index >= 15 is 0 Å². The highest BCUT2D eigenvalue weighted by molar-refractivity contribution is 7.14. The minimum absolute atomic E-state index is 0.704. The summed E-state index contributed by atoms with van der Waals surface area (Å²) in [7, 11) is 1.65. The number of hydrogen-bond acceptors (Lipinski definition) is 6. The summed E-state index contributed by atoms with van der Waals surface area (Å²) < 4.78 is 12.7. The van der Waals surface area contributed by atoms with Gasteiger partial charge >= 0.3 is 0 Å². The Hall–Kier alpha value is -2.90. The lowest BCUT2D eigenvalue weighted by atomic mass is 10.3. The van der Waals surface area contributed by atoms with Gasteiger partial charge in [-0.3, -0.25) is 0 Å². The van der Waals surface area contributed by atoms with E-state index in [0.29, 0.717) is 5.76 Å². The zero-order valence-corrected chi connectivity index (χ0v) is 16.5. The predicted octanol–water partition coefficient (Wildman–Crippen LogP) is 5.30. The van der Waals surface area contributed by atoms with Crippen LogP contribution in [0.4, 0.5) is 5.69 Å². The molecule has 5 nitrogen and oxygen atoms in total. The van der Waals surface area contributed by atoms with E-state index in [1.54, 1.807) is 36.0 Å². The monoisotopic (exact) mass is 395 g/mol. The Morgan fingerprint density at radius 1 is 1.11 bits per heavy atom. The molecule has 27 heavy (non-hydrogen) atoms. The molecule has 7 heteroatoms. The van der Waals surface area contributed by atoms with Crippen LogP contribution < -0.4 is 9.54 Å². The van der Waals surface area contributed by atoms with Crippen molar-refractivity contribution >= 4 is 34.6 Å². The second-order valence-corrected chi connectivity index (χ2v) is 7.48. The fourth-order valence-electron chi connectivity index (χ4n) is 2.51. The van der Waals surface area contributed by atoms with Crippen LogP contribution in [-0.4, -0.2) is 18.0 Å². The molecule has 0 radical (unpaired) electrons. The molecule has 3 aromatic heterocycles. The standard InChI is InChI=1S/C20H17N3O2S2/c1-14-8-9-17(25-14)12-21-23-18(19-7-4-10-26-19)13-27-20(23)22-15-5-3-6-16(11-15)24-2/h3-13H,1-2H3. The Bertz CT molecular complexity index is 1130. The first kappa shape index (κ1) is 17.5. The van der Waals surface area contributed by atoms with E-state index in [4.69, 9.17) is 14.1 Å². The predicted molar refractivity (Wildman–Crippen MR) is 110 cm³/mol. The maximum Gasteiger partial charge on any atom is 0.211 e. The molecule has 4 aromatic rings. The Morgan fingerprint density at radius 3 is 2.78 bits per heavy atom. The van der Waals surface area contributed by atoms with Crippen molar-refractivity contribution in [3.8, 4) is 16.3 Å². The van der Waals surface area contributed by atoms with Gasteiger partial charge in [-0.25, -0.2) is 9.67 Å². The van der Waals surface area contributed by atoms with Gasteiger partial charge in [-0.1, -0.05) is 12.1 Å². The Balaban J connectivity index is 1.81. The van der Waals surface area contributed by atoms with Crippen LogP contribution in [0.5, 0.6) is 5.75 Å². The van der Waals surface area contributed by atoms with Crippen molar-refractivity contribution in [2.24, 2.45) is 10.1 Å². The third-order valence-electron chi connectivity index (χ3n) is 3.80. The van der Waals surface area contributed by atoms with Crippen molar-refractivity contribution in [3.05, 3.63) is 75.6 Å². The molecule has 4 rings (SSSR count). The second-order valence-electron chi connectivity index (χ2n) is 5.70. The van der Waals surface area contributed by atoms with Crippen LogP contribution in [0, 0.1) is 6.92 Å². The maximum atomic E-state index is 5.60. The largest absolute Gasteiger partial charge is 0.497 e. The van der Waals surface area contributed by atoms with Crippen LogP contribution in [0.15, 0.2) is 73.8 Å². The van der Waals surface area contributed by atoms with Crippen molar-refractivity contribution in [2.45, 2.75) is 6.92 Å². The summed E-state index contributed by atoms with van der Waals surface area (Å²) in [6.45, 7) is 1.91. The fourth-order valence-corrected chi connectivity index (χ4v) is 4.16. The zero-order valence-electron chi connectivity index (χ0n) is 14.8. The molecular weight excluding hydrogens is 378 g/mol. The summed E-state index contributed by atoms with van der Waals surface area (Å²) >= 11 is 3.21. The molecular formula is C20H17N3O2S2. The van der Waals surface area contributed by atoms with Gasteiger partial charge in [0.25, 0.3) is 0 Å². The number of aromatic nitrogens is 1. The summed E-state index contributed by atoms with van der Waals surface area (Å²) in [5.41, 5.74) is 1.81. The molecule has 0 aliphatic heterocycles. The zero-order chi connectivity index (χ0) is 18.6. The van der Waals surface area contributed by atoms with E-state index in [2.05, 4.69) is 21.9 Å². The first-order chi connectivity index (χ1) is 13.2. The van der Waals surface area contributed by atoms with E-state index < -0.39 is 0 Å². The van der Waals surface area contributed by atoms with E-state index in [0.717, 1.165) is 32.6 Å². The maximum absolute atomic E-state index is 5.60. The molecule has 0 fully saturated rings. The fraction of sp³-hybridized carbons (Fsp3) is 0.100. The minimum atomic E-state index is 0.704. The van der Waals surface area contributed by atoms with Gasteiger partial charge in [0.1, 0.15) is 17.3 Å². The van der Waals surface area contributed by atoms with Crippen LogP contribution in [0.2, 0.25) is 0 Å². The molecule has 3 heterocycles. The highest BCUT2D eigenvalue weighted by Gasteiger charge is 2.09. The third kappa shape index (κ3) is 3.94. The van der Waals surface area contributed by atoms with Gasteiger partial charge in [-0.05, 0) is 42.6 Å². The van der Waals surface area contributed by atoms with Gasteiger partial charge in [0.05, 0.1) is 29.6 Å². The topological polar surface area (TPSA) is 52.0 Å². The highest BCUT2D eigenvalue weighted by atomic mass is 32.1. The van der Waals surface area contributed by atoms with Crippen LogP contribution in [0.25, 0.3) is 10.6 Å². The number of nitrogens with zero attached hydrogens (tertiary/aromatic N) is 3. The molecule has 0 N–H and O–H groups in total. The number of benzene rings is 1. The number of furan rings is 1. The van der Waals surface area contributed by atoms with Gasteiger partial charge < -0.3 is 9.15 Å². The van der Waals surface area contributed by atoms with Gasteiger partial charge in [-0.15, -0.1) is 22.7 Å². The summed E-state index contributed by atoms with van der Waals surface area (Å²) in [4.78, 5) is 6.66. The van der Waals surface area contributed by atoms with Crippen LogP contribution in [0.1, 0.15) is 11.5 Å². The number of ether oxygens (including phenoxy) is 1. The average Bonchev–Trinajstić information content (AvgIpc) is 3.41. The van der Waals surface area contributed by atoms with Gasteiger partial charge in [-0.2, -0.15) is 5.10 Å². The van der Waals surface area contributed by atoms with Crippen molar-refractivity contribution in [3.63, 3.8) is 0 Å². The number of aryl methyl sites for hydroxylation is 1. The highest BCUT2D eigenvalue weighted by Crippen LogP contribution is 2.26. The molecule has 0 saturated heterocycles. The Kier molecular flexibility index (Phi) is 5.04. The van der Waals surface area contributed by atoms with Crippen molar-refractivity contribution in [1.82, 2.24) is 4.68 Å². The minimum Gasteiger partial charge on any atom is -0.497 e. The Labute approximate surface area is 164 Å². The quantitative estimate of drug-likeness (QED) is 0.430. The normalized spacial score (nSPS) is 12.1. The van der Waals surface area contributed by atoms with E-state index in [-0.39, 0.29) is 0 Å². The first-order valence-electron chi connectivity index (χ1n) is 8.27. The Morgan fingerprint density at radius 2 is 2.04 bits per heavy atom. The van der Waals surface area contributed by atoms with E-state index in [1.165, 1.54) is 0 Å². The number of rotatable bonds is 5. The van der Waals surface area contributed by atoms with Gasteiger partial charge in [0.2, 0.25) is 4.80 Å². The van der Waals surface area contributed by atoms with E-state index in [9.17, 15) is 0 Å². The van der Waals surface area contributed by atoms with Gasteiger partial charge in [0.15, 0.2) is 0 Å². The molecule has 0 amide bonds. The number of thiazole rings is 1. The average molecular weight is 396 g/mol. The molecule has 0 aliphatic carbocycles. The van der Waals surface area contributed by atoms with Crippen LogP contribution in [-0.2, 0) is 0 Å². The van der Waals surface area contributed by atoms with Crippen LogP contribution >= 0.6 is 22.7 Å². The summed E-state index contributed by atoms with van der Waals surface area (Å²) in [5.74, 6) is 2.33. The van der Waals surface area contributed by atoms with Gasteiger partial charge in [0, 0.05) is 11.4 Å². The lowest BCUT2D eigenvalue weighted by Gasteiger charge is -2.01. The number of hydrogen-bond donors (Lipinski definition) is 0. The van der Waals surface area contributed by atoms with Crippen LogP contribution in [0.3, 0.4) is 0 Å². The molecule has 0 spiro atoms. The third-order valence-corrected chi connectivity index (χ3v) is 5.51. The number of methoxy groups -OCH3 is 1. The van der Waals surface area contributed by atoms with Crippen molar-refractivity contribution in [1.29, 1.82) is 0 Å². The molecule has 0 atom stereocenters. The summed E-state index contributed by atoms with van der Waals surface area (Å²) in [6.07, 6.45) is 1.71. The molecule has 0 unspecified atom stereocenters. The molecule has 1 aromatic carbocycles. The lowest BCUT2D eigenvalue weighted by Crippen LogP contribution is -2.11. The number of thiophene rings is 1. The second kappa shape index (κ2) is 7.77. The van der Waals surface area contributed by atoms with Crippen molar-refractivity contribution in [2.75, 3.05) is 7.11 Å². The molecule has 0 bridgehead atoms. The summed E-state index contributed by atoms with van der Waals surface area (Å²) in [6, 6.07) is 15.6. The molecule has 136 valence electrons. The molecule has 0 saturated carbocycles. The first-order valence-corrected chi connectivity index (χ1v) is 10.0. The van der Waals surface area contributed by atoms with E-state index in [1.807, 2.05) is 54.1 Å². The molecule has 0 aliphatic rings. The summed E-state index contributed by atoms with van der Waals surface area (Å²) in [5, 5.41) is 8.75. The smallest absolute Gasteiger partial charge is 0.211 e. The van der Waals surface area contributed by atoms with Crippen molar-refractivity contribution < 1.29 is 9.15 Å².